The van der Waals surface area contributed by atoms with E-state index in [1.807, 2.05) is 5.01 Å². The standard InChI is InChI=1S/C46H63N3O12/c1-24-17-16-18-25(2)45(57)48-36-31(23-47-49-20-14-12-10-11-13-15-21-49)40(54)33-34(41(36)55)39(53)29(6)43-35(33)44(56)46(8,61-43)59-22-19-32(58-9)26(3)42(60-30(7)50)28(5)38(52)27(4)37(24)51/h16-19,22-24,26-28,32,37-38,42,51-55H,10-15,20-21H2,1-9H3,(H,48,57)/b17-16?,22-19?,25-18?,47-23+. The van der Waals surface area contributed by atoms with Crippen molar-refractivity contribution in [2.24, 2.45) is 28.8 Å². The number of Topliss-reactive ketones (excluding diaryl/α,β-unsaturated/α-hetero) is 1. The molecule has 4 aliphatic heterocycles. The van der Waals surface area contributed by atoms with Crippen molar-refractivity contribution >= 4 is 40.3 Å². The number of esters is 1. The number of allylic oxidation sites excluding steroid dienone is 2. The Morgan fingerprint density at radius 1 is 0.902 bits per heavy atom. The van der Waals surface area contributed by atoms with Gasteiger partial charge in [0.1, 0.15) is 23.4 Å². The summed E-state index contributed by atoms with van der Waals surface area (Å²) in [5, 5.41) is 67.5. The molecule has 2 aromatic carbocycles. The molecule has 9 atom stereocenters. The van der Waals surface area contributed by atoms with E-state index in [1.54, 1.807) is 39.8 Å². The molecule has 9 unspecified atom stereocenters. The Labute approximate surface area is 357 Å². The first-order valence-electron chi connectivity index (χ1n) is 21.2. The van der Waals surface area contributed by atoms with Gasteiger partial charge >= 0.3 is 11.8 Å². The van der Waals surface area contributed by atoms with Gasteiger partial charge in [-0.15, -0.1) is 0 Å². The maximum absolute atomic E-state index is 14.5. The van der Waals surface area contributed by atoms with Crippen LogP contribution in [0.5, 0.6) is 23.0 Å². The van der Waals surface area contributed by atoms with Crippen molar-refractivity contribution in [3.8, 4) is 23.0 Å². The van der Waals surface area contributed by atoms with Gasteiger partial charge in [0, 0.05) is 74.2 Å². The van der Waals surface area contributed by atoms with E-state index >= 15 is 0 Å². The number of carbonyl (C=O) groups excluding carboxylic acids is 3. The number of methoxy groups -OCH3 is 1. The zero-order chi connectivity index (χ0) is 44.9. The van der Waals surface area contributed by atoms with Crippen LogP contribution < -0.4 is 10.1 Å². The number of nitrogens with one attached hydrogen (secondary N) is 1. The fourth-order valence-corrected chi connectivity index (χ4v) is 8.53. The number of phenols is 3. The molecule has 6 rings (SSSR count). The number of phenolic OH excluding ortho intramolecular Hbond substituents is 3. The number of ether oxygens (including phenoxy) is 4. The van der Waals surface area contributed by atoms with Crippen LogP contribution in [0.25, 0.3) is 10.8 Å². The molecule has 6 N–H and O–H groups in total. The van der Waals surface area contributed by atoms with Gasteiger partial charge in [-0.3, -0.25) is 19.4 Å². The minimum Gasteiger partial charge on any atom is -0.507 e. The number of amides is 1. The maximum Gasteiger partial charge on any atom is 0.312 e. The van der Waals surface area contributed by atoms with Crippen molar-refractivity contribution in [1.82, 2.24) is 5.01 Å². The van der Waals surface area contributed by atoms with E-state index in [4.69, 9.17) is 18.9 Å². The molecule has 0 spiro atoms. The van der Waals surface area contributed by atoms with Gasteiger partial charge in [-0.1, -0.05) is 71.6 Å². The molecular formula is C46H63N3O12. The minimum atomic E-state index is -2.04. The molecule has 0 aromatic heterocycles. The number of anilines is 1. The molecule has 4 aliphatic rings. The van der Waals surface area contributed by atoms with Crippen LogP contribution in [-0.4, -0.2) is 105 Å². The molecule has 5 bridgehead atoms. The van der Waals surface area contributed by atoms with Gasteiger partial charge in [0.15, 0.2) is 5.75 Å². The highest BCUT2D eigenvalue weighted by molar-refractivity contribution is 6.23. The fraction of sp³-hybridized carbons (Fsp3) is 0.565. The quantitative estimate of drug-likeness (QED) is 0.0814. The fourth-order valence-electron chi connectivity index (χ4n) is 8.53. The molecule has 4 heterocycles. The van der Waals surface area contributed by atoms with E-state index in [1.165, 1.54) is 59.4 Å². The van der Waals surface area contributed by atoms with Crippen LogP contribution in [0.4, 0.5) is 5.69 Å². The summed E-state index contributed by atoms with van der Waals surface area (Å²) in [6.07, 6.45) is 11.1. The van der Waals surface area contributed by atoms with Crippen molar-refractivity contribution in [2.75, 3.05) is 25.5 Å². The first-order valence-corrected chi connectivity index (χ1v) is 21.2. The van der Waals surface area contributed by atoms with Gasteiger partial charge in [-0.25, -0.2) is 0 Å². The van der Waals surface area contributed by atoms with Crippen LogP contribution >= 0.6 is 0 Å². The average molecular weight is 850 g/mol. The lowest BCUT2D eigenvalue weighted by Crippen LogP contribution is -2.46. The molecule has 1 amide bonds. The number of nitrogens with zero attached hydrogens (tertiary/aromatic N) is 2. The van der Waals surface area contributed by atoms with Gasteiger partial charge in [0.05, 0.1) is 53.0 Å². The molecule has 2 aromatic rings. The highest BCUT2D eigenvalue weighted by Crippen LogP contribution is 2.55. The lowest BCUT2D eigenvalue weighted by molar-refractivity contribution is -0.160. The molecule has 15 nitrogen and oxygen atoms in total. The van der Waals surface area contributed by atoms with E-state index < -0.39 is 88.8 Å². The largest absolute Gasteiger partial charge is 0.507 e. The average Bonchev–Trinajstić information content (AvgIpc) is 3.56. The van der Waals surface area contributed by atoms with E-state index in [2.05, 4.69) is 10.4 Å². The van der Waals surface area contributed by atoms with Crippen LogP contribution in [0, 0.1) is 30.6 Å². The first kappa shape index (κ1) is 46.9. The van der Waals surface area contributed by atoms with Crippen LogP contribution in [0.1, 0.15) is 108 Å². The number of rotatable bonds is 4. The van der Waals surface area contributed by atoms with Crippen LogP contribution in [0.15, 0.2) is 41.2 Å². The Bertz CT molecular complexity index is 2090. The molecule has 334 valence electrons. The number of aromatic hydroxyl groups is 3. The number of benzene rings is 2. The zero-order valence-electron chi connectivity index (χ0n) is 36.7. The second-order valence-electron chi connectivity index (χ2n) is 16.9. The second-order valence-corrected chi connectivity index (χ2v) is 16.9. The molecule has 61 heavy (non-hydrogen) atoms. The summed E-state index contributed by atoms with van der Waals surface area (Å²) in [5.74, 6) is -8.25. The number of fused-ring (bicyclic) bond motifs is 14. The van der Waals surface area contributed by atoms with E-state index in [-0.39, 0.29) is 44.5 Å². The number of hydrogen-bond acceptors (Lipinski definition) is 14. The molecule has 1 fully saturated rings. The number of hydrogen-bond donors (Lipinski definition) is 6. The van der Waals surface area contributed by atoms with Crippen molar-refractivity contribution in [3.63, 3.8) is 0 Å². The molecule has 0 saturated carbocycles. The molecule has 15 heteroatoms. The first-order chi connectivity index (χ1) is 28.8. The highest BCUT2D eigenvalue weighted by Gasteiger charge is 2.50. The predicted octanol–water partition coefficient (Wildman–Crippen LogP) is 6.74. The third-order valence-electron chi connectivity index (χ3n) is 12.5. The summed E-state index contributed by atoms with van der Waals surface area (Å²) in [6, 6.07) is 0. The van der Waals surface area contributed by atoms with Gasteiger partial charge < -0.3 is 49.8 Å². The van der Waals surface area contributed by atoms with Gasteiger partial charge in [0.2, 0.25) is 0 Å². The van der Waals surface area contributed by atoms with Crippen LogP contribution in [-0.2, 0) is 23.8 Å². The number of ketones is 1. The Kier molecular flexibility index (Phi) is 15.2. The summed E-state index contributed by atoms with van der Waals surface area (Å²) in [6.45, 7) is 13.9. The Morgan fingerprint density at radius 2 is 1.54 bits per heavy atom. The summed E-state index contributed by atoms with van der Waals surface area (Å²) in [7, 11) is 1.44. The predicted molar refractivity (Wildman–Crippen MR) is 231 cm³/mol. The van der Waals surface area contributed by atoms with Crippen molar-refractivity contribution < 1.29 is 58.9 Å². The second kappa shape index (κ2) is 19.7. The molecule has 0 aliphatic carbocycles. The third-order valence-corrected chi connectivity index (χ3v) is 12.5. The summed E-state index contributed by atoms with van der Waals surface area (Å²) in [4.78, 5) is 40.7. The van der Waals surface area contributed by atoms with Crippen LogP contribution in [0.3, 0.4) is 0 Å². The molecule has 0 radical (unpaired) electrons. The van der Waals surface area contributed by atoms with Gasteiger partial charge in [-0.2, -0.15) is 5.10 Å². The summed E-state index contributed by atoms with van der Waals surface area (Å²) in [5.41, 5.74) is -0.276. The smallest absolute Gasteiger partial charge is 0.312 e. The van der Waals surface area contributed by atoms with E-state index in [9.17, 15) is 39.9 Å². The Hall–Kier alpha value is -5.12. The topological polar surface area (TPSA) is 217 Å². The van der Waals surface area contributed by atoms with Gasteiger partial charge in [-0.05, 0) is 32.8 Å². The van der Waals surface area contributed by atoms with Crippen molar-refractivity contribution in [3.05, 3.63) is 52.8 Å². The highest BCUT2D eigenvalue weighted by atomic mass is 16.7. The van der Waals surface area contributed by atoms with E-state index in [0.29, 0.717) is 13.1 Å². The lowest BCUT2D eigenvalue weighted by atomic mass is 9.78. The summed E-state index contributed by atoms with van der Waals surface area (Å²) >= 11 is 0. The molecular weight excluding hydrogens is 787 g/mol. The Morgan fingerprint density at radius 3 is 2.16 bits per heavy atom. The summed E-state index contributed by atoms with van der Waals surface area (Å²) < 4.78 is 23.7. The van der Waals surface area contributed by atoms with E-state index in [0.717, 1.165) is 38.5 Å². The van der Waals surface area contributed by atoms with Gasteiger partial charge in [0.25, 0.3) is 11.7 Å². The van der Waals surface area contributed by atoms with Crippen LogP contribution in [0.2, 0.25) is 0 Å². The lowest BCUT2D eigenvalue weighted by Gasteiger charge is -2.38. The number of hydrazone groups is 1. The number of aliphatic hydroxyl groups is 2. The third kappa shape index (κ3) is 9.84. The molecule has 1 saturated heterocycles. The van der Waals surface area contributed by atoms with Crippen molar-refractivity contribution in [2.45, 2.75) is 124 Å². The maximum atomic E-state index is 14.5. The monoisotopic (exact) mass is 849 g/mol. The number of aliphatic hydroxyl groups excluding tert-OH is 2. The minimum absolute atomic E-state index is 0.0645. The normalized spacial score (nSPS) is 29.8. The number of carbonyl (C=O) groups is 3. The van der Waals surface area contributed by atoms with Crippen molar-refractivity contribution in [1.29, 1.82) is 0 Å². The zero-order valence-corrected chi connectivity index (χ0v) is 36.7. The Balaban J connectivity index is 1.71. The SMILES string of the molecule is COC1C=COC2(C)Oc3c(C)c(O)c4c(O)c(c(/C=N/N5CCCCCCCC5)c(O)c4c3C2=O)NC(=O)C(C)=CC=CC(C)C(O)C(C)C(O)C(C)C(OC(C)=O)C1C.